The van der Waals surface area contributed by atoms with E-state index in [1.165, 1.54) is 12.8 Å². The largest absolute Gasteiger partial charge is 0.349 e. The Hall–Kier alpha value is -2.11. The highest BCUT2D eigenvalue weighted by molar-refractivity contribution is 5.93. The maximum Gasteiger partial charge on any atom is 0.272 e. The summed E-state index contributed by atoms with van der Waals surface area (Å²) in [4.78, 5) is 12.3. The molecule has 0 aromatic carbocycles. The number of aromatic amines is 1. The first-order chi connectivity index (χ1) is 10.2. The van der Waals surface area contributed by atoms with Crippen LogP contribution in [0.15, 0.2) is 12.3 Å². The van der Waals surface area contributed by atoms with E-state index >= 15 is 0 Å². The maximum absolute atomic E-state index is 12.3. The summed E-state index contributed by atoms with van der Waals surface area (Å²) < 4.78 is 1.83. The Kier molecular flexibility index (Phi) is 4.03. The summed E-state index contributed by atoms with van der Waals surface area (Å²) >= 11 is 0. The van der Waals surface area contributed by atoms with Crippen molar-refractivity contribution in [2.75, 3.05) is 6.54 Å². The molecule has 0 unspecified atom stereocenters. The van der Waals surface area contributed by atoms with Crippen molar-refractivity contribution in [1.82, 2.24) is 25.3 Å². The molecule has 1 aliphatic rings. The summed E-state index contributed by atoms with van der Waals surface area (Å²) in [7, 11) is 0. The van der Waals surface area contributed by atoms with Crippen molar-refractivity contribution in [1.29, 1.82) is 0 Å². The molecule has 0 bridgehead atoms. The molecule has 2 heterocycles. The third kappa shape index (κ3) is 3.15. The summed E-state index contributed by atoms with van der Waals surface area (Å²) in [6.45, 7) is 3.18. The van der Waals surface area contributed by atoms with Crippen molar-refractivity contribution >= 4 is 5.91 Å². The molecule has 3 rings (SSSR count). The Morgan fingerprint density at radius 3 is 3.05 bits per heavy atom. The molecule has 0 aliphatic heterocycles. The molecular formula is C15H21N5O. The number of hydrogen-bond donors (Lipinski definition) is 2. The number of aromatic nitrogens is 4. The van der Waals surface area contributed by atoms with Gasteiger partial charge in [-0.2, -0.15) is 10.2 Å². The van der Waals surface area contributed by atoms with Gasteiger partial charge in [-0.15, -0.1) is 0 Å². The van der Waals surface area contributed by atoms with Crippen molar-refractivity contribution in [3.05, 3.63) is 34.9 Å². The van der Waals surface area contributed by atoms with E-state index in [1.807, 2.05) is 23.9 Å². The monoisotopic (exact) mass is 287 g/mol. The van der Waals surface area contributed by atoms with E-state index in [-0.39, 0.29) is 5.91 Å². The van der Waals surface area contributed by atoms with Gasteiger partial charge in [-0.1, -0.05) is 6.42 Å². The molecule has 1 amide bonds. The van der Waals surface area contributed by atoms with E-state index < -0.39 is 0 Å². The molecule has 6 heteroatoms. The lowest BCUT2D eigenvalue weighted by Gasteiger charge is -2.05. The van der Waals surface area contributed by atoms with Crippen LogP contribution < -0.4 is 5.32 Å². The number of amides is 1. The van der Waals surface area contributed by atoms with Crippen LogP contribution in [0.1, 0.15) is 46.7 Å². The summed E-state index contributed by atoms with van der Waals surface area (Å²) in [5, 5.41) is 14.5. The van der Waals surface area contributed by atoms with E-state index in [9.17, 15) is 4.79 Å². The highest BCUT2D eigenvalue weighted by Crippen LogP contribution is 2.21. The van der Waals surface area contributed by atoms with E-state index in [2.05, 4.69) is 20.6 Å². The van der Waals surface area contributed by atoms with Crippen LogP contribution in [0.3, 0.4) is 0 Å². The Morgan fingerprint density at radius 2 is 2.24 bits per heavy atom. The normalized spacial score (nSPS) is 14.5. The minimum absolute atomic E-state index is 0.0849. The van der Waals surface area contributed by atoms with Gasteiger partial charge < -0.3 is 5.32 Å². The fourth-order valence-electron chi connectivity index (χ4n) is 2.80. The lowest BCUT2D eigenvalue weighted by atomic mass is 10.1. The fraction of sp³-hybridized carbons (Fsp3) is 0.533. The molecule has 0 atom stereocenters. The van der Waals surface area contributed by atoms with E-state index in [0.717, 1.165) is 36.2 Å². The predicted octanol–water partition coefficient (Wildman–Crippen LogP) is 1.61. The number of hydrogen-bond acceptors (Lipinski definition) is 3. The van der Waals surface area contributed by atoms with Gasteiger partial charge in [-0.25, -0.2) is 0 Å². The number of carbonyl (C=O) groups is 1. The zero-order valence-electron chi connectivity index (χ0n) is 12.4. The van der Waals surface area contributed by atoms with Crippen LogP contribution in [-0.4, -0.2) is 32.4 Å². The molecule has 6 nitrogen and oxygen atoms in total. The molecule has 112 valence electrons. The van der Waals surface area contributed by atoms with Gasteiger partial charge in [-0.05, 0) is 38.7 Å². The van der Waals surface area contributed by atoms with Gasteiger partial charge in [0.2, 0.25) is 0 Å². The molecule has 0 spiro atoms. The van der Waals surface area contributed by atoms with E-state index in [4.69, 9.17) is 0 Å². The number of H-pyrrole nitrogens is 1. The molecule has 21 heavy (non-hydrogen) atoms. The summed E-state index contributed by atoms with van der Waals surface area (Å²) in [5.74, 6) is -0.0849. The number of rotatable bonds is 4. The number of aryl methyl sites for hydroxylation is 2. The average Bonchev–Trinajstić information content (AvgIpc) is 2.99. The first kappa shape index (κ1) is 13.9. The second-order valence-corrected chi connectivity index (χ2v) is 5.57. The number of nitrogens with zero attached hydrogens (tertiary/aromatic N) is 3. The van der Waals surface area contributed by atoms with Gasteiger partial charge in [0.05, 0.1) is 12.2 Å². The third-order valence-electron chi connectivity index (χ3n) is 3.92. The average molecular weight is 287 g/mol. The minimum atomic E-state index is -0.0849. The Morgan fingerprint density at radius 1 is 1.38 bits per heavy atom. The van der Waals surface area contributed by atoms with Crippen molar-refractivity contribution in [2.45, 2.75) is 45.6 Å². The van der Waals surface area contributed by atoms with Gasteiger partial charge in [-0.3, -0.25) is 14.6 Å². The van der Waals surface area contributed by atoms with Crippen LogP contribution in [0.5, 0.6) is 0 Å². The van der Waals surface area contributed by atoms with Crippen molar-refractivity contribution in [2.24, 2.45) is 0 Å². The minimum Gasteiger partial charge on any atom is -0.349 e. The van der Waals surface area contributed by atoms with Crippen molar-refractivity contribution in [3.8, 4) is 0 Å². The predicted molar refractivity (Wildman–Crippen MR) is 79.1 cm³/mol. The second kappa shape index (κ2) is 6.11. The Labute approximate surface area is 123 Å². The van der Waals surface area contributed by atoms with Crippen LogP contribution in [0.25, 0.3) is 0 Å². The van der Waals surface area contributed by atoms with Crippen LogP contribution in [0.2, 0.25) is 0 Å². The van der Waals surface area contributed by atoms with Crippen LogP contribution in [0, 0.1) is 6.92 Å². The second-order valence-electron chi connectivity index (χ2n) is 5.57. The van der Waals surface area contributed by atoms with Crippen LogP contribution in [0.4, 0.5) is 0 Å². The smallest absolute Gasteiger partial charge is 0.272 e. The molecule has 0 saturated carbocycles. The molecular weight excluding hydrogens is 266 g/mol. The summed E-state index contributed by atoms with van der Waals surface area (Å²) in [6, 6.07) is 1.95. The maximum atomic E-state index is 12.3. The van der Waals surface area contributed by atoms with Gasteiger partial charge in [0.25, 0.3) is 5.91 Å². The summed E-state index contributed by atoms with van der Waals surface area (Å²) in [5.41, 5.74) is 3.81. The first-order valence-corrected chi connectivity index (χ1v) is 7.58. The molecule has 0 radical (unpaired) electrons. The SMILES string of the molecule is Cc1ccn(CCNC(=O)c2n[nH]c3c2CCCCC3)n1. The van der Waals surface area contributed by atoms with Gasteiger partial charge in [0, 0.05) is 24.0 Å². The molecule has 2 N–H and O–H groups in total. The lowest BCUT2D eigenvalue weighted by Crippen LogP contribution is -2.28. The summed E-state index contributed by atoms with van der Waals surface area (Å²) in [6.07, 6.45) is 7.41. The Balaban J connectivity index is 1.59. The molecule has 0 saturated heterocycles. The molecule has 2 aromatic rings. The number of nitrogens with one attached hydrogen (secondary N) is 2. The zero-order valence-corrected chi connectivity index (χ0v) is 12.4. The quantitative estimate of drug-likeness (QED) is 0.839. The highest BCUT2D eigenvalue weighted by atomic mass is 16.1. The van der Waals surface area contributed by atoms with Gasteiger partial charge in [0.1, 0.15) is 0 Å². The van der Waals surface area contributed by atoms with E-state index in [1.54, 1.807) is 0 Å². The van der Waals surface area contributed by atoms with Crippen molar-refractivity contribution in [3.63, 3.8) is 0 Å². The van der Waals surface area contributed by atoms with Crippen molar-refractivity contribution < 1.29 is 4.79 Å². The van der Waals surface area contributed by atoms with Gasteiger partial charge >= 0.3 is 0 Å². The van der Waals surface area contributed by atoms with Gasteiger partial charge in [0.15, 0.2) is 5.69 Å². The lowest BCUT2D eigenvalue weighted by molar-refractivity contribution is 0.0946. The first-order valence-electron chi connectivity index (χ1n) is 7.58. The topological polar surface area (TPSA) is 75.6 Å². The van der Waals surface area contributed by atoms with E-state index in [0.29, 0.717) is 18.8 Å². The zero-order chi connectivity index (χ0) is 14.7. The molecule has 1 aliphatic carbocycles. The van der Waals surface area contributed by atoms with Crippen LogP contribution >= 0.6 is 0 Å². The highest BCUT2D eigenvalue weighted by Gasteiger charge is 2.20. The third-order valence-corrected chi connectivity index (χ3v) is 3.92. The molecule has 2 aromatic heterocycles. The molecule has 0 fully saturated rings. The standard InChI is InChI=1S/C15H21N5O/c1-11-7-9-20(19-11)10-8-16-15(21)14-12-5-3-2-4-6-13(12)17-18-14/h7,9H,2-6,8,10H2,1H3,(H,16,21)(H,17,18). The Bertz CT molecular complexity index is 628. The number of fused-ring (bicyclic) bond motifs is 1. The van der Waals surface area contributed by atoms with Crippen LogP contribution in [-0.2, 0) is 19.4 Å². The fourth-order valence-corrected chi connectivity index (χ4v) is 2.80. The number of carbonyl (C=O) groups excluding carboxylic acids is 1.